The van der Waals surface area contributed by atoms with E-state index in [1.54, 1.807) is 0 Å². The van der Waals surface area contributed by atoms with E-state index in [9.17, 15) is 0 Å². The number of aromatic nitrogens is 2. The molecule has 0 spiro atoms. The first kappa shape index (κ1) is 13.1. The van der Waals surface area contributed by atoms with E-state index in [2.05, 4.69) is 24.0 Å². The third kappa shape index (κ3) is 1.99. The van der Waals surface area contributed by atoms with Crippen molar-refractivity contribution in [3.8, 4) is 0 Å². The fraction of sp³-hybridized carbons (Fsp3) is 0.857. The summed E-state index contributed by atoms with van der Waals surface area (Å²) in [7, 11) is 0. The summed E-state index contributed by atoms with van der Waals surface area (Å²) in [5.41, 5.74) is 5.78. The highest BCUT2D eigenvalue weighted by atomic mass is 16.5. The molecule has 2 aliphatic rings. The summed E-state index contributed by atoms with van der Waals surface area (Å²) in [6.07, 6.45) is 4.42. The van der Waals surface area contributed by atoms with Crippen LogP contribution in [-0.2, 0) is 16.7 Å². The molecule has 5 heteroatoms. The van der Waals surface area contributed by atoms with Crippen LogP contribution < -0.4 is 5.73 Å². The Morgan fingerprint density at radius 1 is 1.42 bits per heavy atom. The average molecular weight is 265 g/mol. The third-order valence-electron chi connectivity index (χ3n) is 4.85. The zero-order valence-electron chi connectivity index (χ0n) is 12.0. The monoisotopic (exact) mass is 265 g/mol. The predicted molar refractivity (Wildman–Crippen MR) is 70.4 cm³/mol. The molecule has 19 heavy (non-hydrogen) atoms. The maximum Gasteiger partial charge on any atom is 0.247 e. The Morgan fingerprint density at radius 2 is 2.16 bits per heavy atom. The summed E-state index contributed by atoms with van der Waals surface area (Å²) in [5, 5.41) is 4.07. The molecule has 2 fully saturated rings. The van der Waals surface area contributed by atoms with E-state index in [0.29, 0.717) is 12.5 Å². The second-order valence-electron chi connectivity index (χ2n) is 6.50. The Kier molecular flexibility index (Phi) is 2.94. The van der Waals surface area contributed by atoms with Crippen LogP contribution in [0.4, 0.5) is 0 Å². The van der Waals surface area contributed by atoms with Crippen LogP contribution in [0, 0.1) is 11.3 Å². The van der Waals surface area contributed by atoms with Gasteiger partial charge in [0.05, 0.1) is 6.10 Å². The zero-order chi connectivity index (χ0) is 13.7. The molecule has 2 aliphatic carbocycles. The molecule has 2 unspecified atom stereocenters. The molecule has 2 N–H and O–H groups in total. The largest absolute Gasteiger partial charge is 0.378 e. The van der Waals surface area contributed by atoms with Gasteiger partial charge in [0.25, 0.3) is 0 Å². The topological polar surface area (TPSA) is 74.2 Å². The lowest BCUT2D eigenvalue weighted by atomic mass is 9.54. The van der Waals surface area contributed by atoms with Crippen molar-refractivity contribution in [3.05, 3.63) is 11.7 Å². The van der Waals surface area contributed by atoms with Crippen LogP contribution in [0.25, 0.3) is 0 Å². The summed E-state index contributed by atoms with van der Waals surface area (Å²) in [6.45, 7) is 6.94. The summed E-state index contributed by atoms with van der Waals surface area (Å²) in [5.74, 6) is 2.13. The zero-order valence-corrected chi connectivity index (χ0v) is 12.0. The molecular weight excluding hydrogens is 242 g/mol. The smallest absolute Gasteiger partial charge is 0.247 e. The van der Waals surface area contributed by atoms with E-state index in [1.165, 1.54) is 12.8 Å². The van der Waals surface area contributed by atoms with Gasteiger partial charge in [-0.05, 0) is 25.7 Å². The molecule has 0 amide bonds. The number of hydrogen-bond donors (Lipinski definition) is 1. The minimum Gasteiger partial charge on any atom is -0.378 e. The van der Waals surface area contributed by atoms with E-state index in [0.717, 1.165) is 24.6 Å². The number of nitrogens with zero attached hydrogens (tertiary/aromatic N) is 2. The first-order valence-electron chi connectivity index (χ1n) is 7.21. The molecular formula is C14H23N3O2. The van der Waals surface area contributed by atoms with Crippen LogP contribution in [-0.4, -0.2) is 22.9 Å². The van der Waals surface area contributed by atoms with Gasteiger partial charge in [0.1, 0.15) is 5.54 Å². The molecule has 106 valence electrons. The average Bonchev–Trinajstić information content (AvgIpc) is 3.04. The lowest BCUT2D eigenvalue weighted by molar-refractivity contribution is -0.162. The Morgan fingerprint density at radius 3 is 2.74 bits per heavy atom. The van der Waals surface area contributed by atoms with Crippen LogP contribution >= 0.6 is 0 Å². The Hall–Kier alpha value is -0.940. The predicted octanol–water partition coefficient (Wildman–Crippen LogP) is 2.01. The van der Waals surface area contributed by atoms with Gasteiger partial charge in [-0.15, -0.1) is 0 Å². The Bertz CT molecular complexity index is 467. The molecule has 0 bridgehead atoms. The van der Waals surface area contributed by atoms with E-state index < -0.39 is 5.54 Å². The summed E-state index contributed by atoms with van der Waals surface area (Å²) in [4.78, 5) is 4.52. The molecule has 1 heterocycles. The van der Waals surface area contributed by atoms with Crippen LogP contribution in [0.1, 0.15) is 51.7 Å². The van der Waals surface area contributed by atoms with Crippen molar-refractivity contribution in [2.24, 2.45) is 17.1 Å². The highest BCUT2D eigenvalue weighted by molar-refractivity contribution is 5.20. The molecule has 5 nitrogen and oxygen atoms in total. The van der Waals surface area contributed by atoms with Gasteiger partial charge in [-0.3, -0.25) is 0 Å². The van der Waals surface area contributed by atoms with Crippen LogP contribution in [0.5, 0.6) is 0 Å². The minimum absolute atomic E-state index is 0.168. The van der Waals surface area contributed by atoms with Crippen molar-refractivity contribution in [1.82, 2.24) is 10.1 Å². The van der Waals surface area contributed by atoms with Crippen LogP contribution in [0.2, 0.25) is 0 Å². The maximum atomic E-state index is 6.51. The van der Waals surface area contributed by atoms with E-state index in [-0.39, 0.29) is 11.5 Å². The minimum atomic E-state index is -0.554. The summed E-state index contributed by atoms with van der Waals surface area (Å²) < 4.78 is 11.1. The van der Waals surface area contributed by atoms with E-state index in [1.807, 2.05) is 6.92 Å². The number of hydrogen-bond acceptors (Lipinski definition) is 5. The molecule has 0 aliphatic heterocycles. The van der Waals surface area contributed by atoms with Gasteiger partial charge < -0.3 is 15.0 Å². The van der Waals surface area contributed by atoms with Gasteiger partial charge in [-0.2, -0.15) is 4.98 Å². The van der Waals surface area contributed by atoms with Gasteiger partial charge >= 0.3 is 0 Å². The van der Waals surface area contributed by atoms with E-state index in [4.69, 9.17) is 15.0 Å². The molecule has 2 atom stereocenters. The lowest BCUT2D eigenvalue weighted by Crippen LogP contribution is -2.67. The maximum absolute atomic E-state index is 6.51. The fourth-order valence-corrected chi connectivity index (χ4v) is 2.90. The molecule has 0 saturated heterocycles. The molecule has 1 aromatic rings. The number of nitrogens with two attached hydrogens (primary N) is 1. The standard InChI is InChI=1S/C14H23N3O2/c1-4-18-10-8-14(15,13(10,2)3)12-16-11(17-19-12)7-9-5-6-9/h9-10H,4-8,15H2,1-3H3. The second kappa shape index (κ2) is 4.28. The Balaban J connectivity index is 1.75. The highest BCUT2D eigenvalue weighted by Gasteiger charge is 2.62. The molecule has 3 rings (SSSR count). The molecule has 2 saturated carbocycles. The molecule has 1 aromatic heterocycles. The molecule has 0 aromatic carbocycles. The van der Waals surface area contributed by atoms with Crippen LogP contribution in [0.3, 0.4) is 0 Å². The summed E-state index contributed by atoms with van der Waals surface area (Å²) >= 11 is 0. The second-order valence-corrected chi connectivity index (χ2v) is 6.50. The normalized spacial score (nSPS) is 33.2. The Labute approximate surface area is 113 Å². The highest BCUT2D eigenvalue weighted by Crippen LogP contribution is 2.55. The van der Waals surface area contributed by atoms with Gasteiger partial charge in [-0.1, -0.05) is 19.0 Å². The fourth-order valence-electron chi connectivity index (χ4n) is 2.90. The van der Waals surface area contributed by atoms with Crippen molar-refractivity contribution in [2.45, 2.75) is 58.1 Å². The number of rotatable bonds is 5. The third-order valence-corrected chi connectivity index (χ3v) is 4.85. The van der Waals surface area contributed by atoms with Crippen molar-refractivity contribution in [3.63, 3.8) is 0 Å². The van der Waals surface area contributed by atoms with Gasteiger partial charge in [0.2, 0.25) is 5.89 Å². The van der Waals surface area contributed by atoms with Crippen molar-refractivity contribution >= 4 is 0 Å². The van der Waals surface area contributed by atoms with Crippen molar-refractivity contribution < 1.29 is 9.26 Å². The number of ether oxygens (including phenoxy) is 1. The first-order chi connectivity index (χ1) is 8.97. The van der Waals surface area contributed by atoms with Gasteiger partial charge in [0, 0.05) is 24.9 Å². The molecule has 0 radical (unpaired) electrons. The van der Waals surface area contributed by atoms with Gasteiger partial charge in [0.15, 0.2) is 5.82 Å². The quantitative estimate of drug-likeness (QED) is 0.881. The summed E-state index contributed by atoms with van der Waals surface area (Å²) in [6, 6.07) is 0. The van der Waals surface area contributed by atoms with Gasteiger partial charge in [-0.25, -0.2) is 0 Å². The van der Waals surface area contributed by atoms with Crippen molar-refractivity contribution in [2.75, 3.05) is 6.61 Å². The van der Waals surface area contributed by atoms with Crippen LogP contribution in [0.15, 0.2) is 4.52 Å². The van der Waals surface area contributed by atoms with E-state index >= 15 is 0 Å². The first-order valence-corrected chi connectivity index (χ1v) is 7.21. The van der Waals surface area contributed by atoms with Crippen molar-refractivity contribution in [1.29, 1.82) is 0 Å². The SMILES string of the molecule is CCOC1CC(N)(c2nc(CC3CC3)no2)C1(C)C. The lowest BCUT2D eigenvalue weighted by Gasteiger charge is -2.56.